The number of aromatic nitrogens is 2. The first kappa shape index (κ1) is 15.8. The number of rotatable bonds is 7. The number of hydrogen-bond donors (Lipinski definition) is 1. The average Bonchev–Trinajstić information content (AvgIpc) is 2.46. The Morgan fingerprint density at radius 2 is 1.90 bits per heavy atom. The zero-order valence-electron chi connectivity index (χ0n) is 13.0. The Balaban J connectivity index is 2.11. The lowest BCUT2D eigenvalue weighted by molar-refractivity contribution is 0.632. The fourth-order valence-corrected chi connectivity index (χ4v) is 2.85. The van der Waals surface area contributed by atoms with Crippen molar-refractivity contribution in [3.05, 3.63) is 47.9 Å². The summed E-state index contributed by atoms with van der Waals surface area (Å²) < 4.78 is 0. The van der Waals surface area contributed by atoms with Gasteiger partial charge in [-0.2, -0.15) is 0 Å². The molecule has 0 amide bonds. The minimum Gasteiger partial charge on any atom is -0.370 e. The van der Waals surface area contributed by atoms with Crippen molar-refractivity contribution in [2.75, 3.05) is 11.9 Å². The van der Waals surface area contributed by atoms with Crippen molar-refractivity contribution >= 4 is 17.6 Å². The molecule has 4 heteroatoms. The van der Waals surface area contributed by atoms with Gasteiger partial charge in [-0.1, -0.05) is 32.0 Å². The second-order valence-corrected chi connectivity index (χ2v) is 6.44. The largest absolute Gasteiger partial charge is 0.370 e. The molecule has 0 bridgehead atoms. The maximum Gasteiger partial charge on any atom is 0.141 e. The number of hydrogen-bond acceptors (Lipinski definition) is 4. The summed E-state index contributed by atoms with van der Waals surface area (Å²) in [7, 11) is 0. The third kappa shape index (κ3) is 5.38. The van der Waals surface area contributed by atoms with Gasteiger partial charge >= 0.3 is 0 Å². The van der Waals surface area contributed by atoms with Gasteiger partial charge in [-0.15, -0.1) is 11.8 Å². The van der Waals surface area contributed by atoms with Crippen molar-refractivity contribution in [2.45, 2.75) is 37.8 Å². The summed E-state index contributed by atoms with van der Waals surface area (Å²) in [6.45, 7) is 7.40. The lowest BCUT2D eigenvalue weighted by Crippen LogP contribution is -2.07. The molecule has 3 nitrogen and oxygen atoms in total. The monoisotopic (exact) mass is 301 g/mol. The third-order valence-corrected chi connectivity index (χ3v) is 3.92. The van der Waals surface area contributed by atoms with Crippen LogP contribution in [0.25, 0.3) is 0 Å². The molecule has 1 aromatic carbocycles. The Hall–Kier alpha value is -1.55. The van der Waals surface area contributed by atoms with E-state index in [1.807, 2.05) is 6.07 Å². The summed E-state index contributed by atoms with van der Waals surface area (Å²) in [6, 6.07) is 12.5. The molecule has 0 unspecified atom stereocenters. The molecular formula is C17H23N3S. The lowest BCUT2D eigenvalue weighted by Gasteiger charge is -2.10. The predicted octanol–water partition coefficient (Wildman–Crippen LogP) is 4.40. The zero-order valence-corrected chi connectivity index (χ0v) is 13.8. The Bertz CT molecular complexity index is 555. The van der Waals surface area contributed by atoms with Gasteiger partial charge < -0.3 is 5.32 Å². The van der Waals surface area contributed by atoms with E-state index < -0.39 is 0 Å². The number of anilines is 1. The van der Waals surface area contributed by atoms with Crippen molar-refractivity contribution in [1.82, 2.24) is 9.97 Å². The minimum absolute atomic E-state index is 0.601. The predicted molar refractivity (Wildman–Crippen MR) is 90.7 cm³/mol. The topological polar surface area (TPSA) is 37.8 Å². The number of thioether (sulfide) groups is 1. The SMILES string of the molecule is CCNc1cc(CC(C)C)nc(CSc2ccccc2)n1. The molecule has 2 aromatic rings. The number of benzene rings is 1. The normalized spacial score (nSPS) is 10.9. The van der Waals surface area contributed by atoms with Crippen LogP contribution in [0, 0.1) is 5.92 Å². The first-order valence-corrected chi connectivity index (χ1v) is 8.44. The van der Waals surface area contributed by atoms with Crippen LogP contribution < -0.4 is 5.32 Å². The molecule has 0 fully saturated rings. The molecule has 1 heterocycles. The highest BCUT2D eigenvalue weighted by molar-refractivity contribution is 7.98. The van der Waals surface area contributed by atoms with Gasteiger partial charge in [-0.25, -0.2) is 9.97 Å². The molecule has 0 saturated heterocycles. The molecule has 112 valence electrons. The Labute approximate surface area is 131 Å². The first-order valence-electron chi connectivity index (χ1n) is 7.46. The van der Waals surface area contributed by atoms with Crippen molar-refractivity contribution in [1.29, 1.82) is 0 Å². The van der Waals surface area contributed by atoms with Crippen LogP contribution in [-0.4, -0.2) is 16.5 Å². The van der Waals surface area contributed by atoms with Crippen LogP contribution in [0.2, 0.25) is 0 Å². The Morgan fingerprint density at radius 1 is 1.14 bits per heavy atom. The minimum atomic E-state index is 0.601. The smallest absolute Gasteiger partial charge is 0.141 e. The van der Waals surface area contributed by atoms with Crippen molar-refractivity contribution in [3.63, 3.8) is 0 Å². The van der Waals surface area contributed by atoms with E-state index >= 15 is 0 Å². The first-order chi connectivity index (χ1) is 10.2. The van der Waals surface area contributed by atoms with Crippen LogP contribution in [0.5, 0.6) is 0 Å². The van der Waals surface area contributed by atoms with E-state index in [0.717, 1.165) is 36.1 Å². The molecule has 1 aromatic heterocycles. The molecule has 0 radical (unpaired) electrons. The maximum absolute atomic E-state index is 4.70. The van der Waals surface area contributed by atoms with Gasteiger partial charge in [-0.3, -0.25) is 0 Å². The van der Waals surface area contributed by atoms with Crippen LogP contribution in [0.4, 0.5) is 5.82 Å². The standard InChI is InChI=1S/C17H23N3S/c1-4-18-16-11-14(10-13(2)3)19-17(20-16)12-21-15-8-6-5-7-9-15/h5-9,11,13H,4,10,12H2,1-3H3,(H,18,19,20). The fraction of sp³-hybridized carbons (Fsp3) is 0.412. The van der Waals surface area contributed by atoms with E-state index in [4.69, 9.17) is 4.98 Å². The summed E-state index contributed by atoms with van der Waals surface area (Å²) in [5.41, 5.74) is 1.12. The number of nitrogens with one attached hydrogen (secondary N) is 1. The quantitative estimate of drug-likeness (QED) is 0.769. The second-order valence-electron chi connectivity index (χ2n) is 5.39. The van der Waals surface area contributed by atoms with Crippen molar-refractivity contribution < 1.29 is 0 Å². The highest BCUT2D eigenvalue weighted by Gasteiger charge is 2.07. The van der Waals surface area contributed by atoms with E-state index in [9.17, 15) is 0 Å². The highest BCUT2D eigenvalue weighted by Crippen LogP contribution is 2.22. The molecular weight excluding hydrogens is 278 g/mol. The van der Waals surface area contributed by atoms with Crippen LogP contribution in [-0.2, 0) is 12.2 Å². The lowest BCUT2D eigenvalue weighted by atomic mass is 10.1. The molecule has 0 spiro atoms. The van der Waals surface area contributed by atoms with E-state index in [-0.39, 0.29) is 0 Å². The van der Waals surface area contributed by atoms with E-state index in [2.05, 4.69) is 61.4 Å². The van der Waals surface area contributed by atoms with Crippen LogP contribution in [0.1, 0.15) is 32.3 Å². The molecule has 2 rings (SSSR count). The molecule has 0 aliphatic rings. The molecule has 0 aliphatic carbocycles. The Kier molecular flexibility index (Phi) is 6.05. The number of nitrogens with zero attached hydrogens (tertiary/aromatic N) is 2. The van der Waals surface area contributed by atoms with Crippen LogP contribution in [0.15, 0.2) is 41.3 Å². The van der Waals surface area contributed by atoms with Crippen LogP contribution >= 0.6 is 11.8 Å². The van der Waals surface area contributed by atoms with Crippen molar-refractivity contribution in [3.8, 4) is 0 Å². The molecule has 0 saturated carbocycles. The maximum atomic E-state index is 4.70. The van der Waals surface area contributed by atoms with Gasteiger partial charge in [0, 0.05) is 23.2 Å². The third-order valence-electron chi connectivity index (χ3n) is 2.91. The van der Waals surface area contributed by atoms with Crippen molar-refractivity contribution in [2.24, 2.45) is 5.92 Å². The van der Waals surface area contributed by atoms with Gasteiger partial charge in [-0.05, 0) is 31.4 Å². The van der Waals surface area contributed by atoms with Gasteiger partial charge in [0.25, 0.3) is 0 Å². The summed E-state index contributed by atoms with van der Waals surface area (Å²) in [5, 5.41) is 3.30. The van der Waals surface area contributed by atoms with Gasteiger partial charge in [0.15, 0.2) is 0 Å². The zero-order chi connectivity index (χ0) is 15.1. The fourth-order valence-electron chi connectivity index (χ4n) is 2.08. The van der Waals surface area contributed by atoms with Gasteiger partial charge in [0.1, 0.15) is 11.6 Å². The molecule has 0 aliphatic heterocycles. The summed E-state index contributed by atoms with van der Waals surface area (Å²) in [6.07, 6.45) is 0.990. The summed E-state index contributed by atoms with van der Waals surface area (Å²) in [4.78, 5) is 10.6. The van der Waals surface area contributed by atoms with E-state index in [1.165, 1.54) is 4.90 Å². The molecule has 1 N–H and O–H groups in total. The van der Waals surface area contributed by atoms with E-state index in [1.54, 1.807) is 11.8 Å². The van der Waals surface area contributed by atoms with E-state index in [0.29, 0.717) is 5.92 Å². The Morgan fingerprint density at radius 3 is 2.57 bits per heavy atom. The molecule has 21 heavy (non-hydrogen) atoms. The second kappa shape index (κ2) is 8.03. The van der Waals surface area contributed by atoms with Gasteiger partial charge in [0.2, 0.25) is 0 Å². The summed E-state index contributed by atoms with van der Waals surface area (Å²) in [5.74, 6) is 3.24. The van der Waals surface area contributed by atoms with Crippen LogP contribution in [0.3, 0.4) is 0 Å². The molecule has 0 atom stereocenters. The highest BCUT2D eigenvalue weighted by atomic mass is 32.2. The average molecular weight is 301 g/mol. The van der Waals surface area contributed by atoms with Gasteiger partial charge in [0.05, 0.1) is 5.75 Å². The summed E-state index contributed by atoms with van der Waals surface area (Å²) >= 11 is 1.78.